The van der Waals surface area contributed by atoms with Gasteiger partial charge in [0.25, 0.3) is 0 Å². The molecule has 0 amide bonds. The Hall–Kier alpha value is -1.36. The van der Waals surface area contributed by atoms with Crippen molar-refractivity contribution in [2.24, 2.45) is 5.92 Å². The minimum absolute atomic E-state index is 0.140. The zero-order valence-corrected chi connectivity index (χ0v) is 12.1. The molecule has 106 valence electrons. The average molecular weight is 264 g/mol. The first-order valence-electron chi connectivity index (χ1n) is 7.08. The Kier molecular flexibility index (Phi) is 4.96. The Morgan fingerprint density at radius 3 is 3.11 bits per heavy atom. The third-order valence-corrected chi connectivity index (χ3v) is 3.27. The Balaban J connectivity index is 2.04. The van der Waals surface area contributed by atoms with Crippen LogP contribution in [-0.2, 0) is 0 Å². The third kappa shape index (κ3) is 4.06. The largest absolute Gasteiger partial charge is 0.475 e. The lowest BCUT2D eigenvalue weighted by Gasteiger charge is -2.32. The quantitative estimate of drug-likeness (QED) is 0.877. The number of piperidine rings is 1. The van der Waals surface area contributed by atoms with Crippen LogP contribution in [0, 0.1) is 5.92 Å². The van der Waals surface area contributed by atoms with E-state index < -0.39 is 0 Å². The maximum absolute atomic E-state index is 5.63. The second-order valence-corrected chi connectivity index (χ2v) is 5.37. The van der Waals surface area contributed by atoms with Crippen molar-refractivity contribution >= 4 is 5.95 Å². The molecule has 1 fully saturated rings. The molecule has 5 heteroatoms. The highest BCUT2D eigenvalue weighted by molar-refractivity contribution is 5.32. The Bertz CT molecular complexity index is 395. The van der Waals surface area contributed by atoms with Crippen molar-refractivity contribution in [3.05, 3.63) is 12.3 Å². The fraction of sp³-hybridized carbons (Fsp3) is 0.714. The first-order valence-corrected chi connectivity index (χ1v) is 7.08. The van der Waals surface area contributed by atoms with Gasteiger partial charge in [-0.3, -0.25) is 0 Å². The van der Waals surface area contributed by atoms with E-state index in [1.54, 1.807) is 6.20 Å². The van der Waals surface area contributed by atoms with Gasteiger partial charge in [-0.2, -0.15) is 4.98 Å². The van der Waals surface area contributed by atoms with E-state index in [4.69, 9.17) is 4.74 Å². The molecule has 1 aliphatic heterocycles. The van der Waals surface area contributed by atoms with E-state index in [1.807, 2.05) is 27.0 Å². The molecular formula is C14H24N4O. The Morgan fingerprint density at radius 1 is 1.53 bits per heavy atom. The maximum Gasteiger partial charge on any atom is 0.228 e. The van der Waals surface area contributed by atoms with Crippen molar-refractivity contribution in [3.63, 3.8) is 0 Å². The summed E-state index contributed by atoms with van der Waals surface area (Å²) in [5.74, 6) is 2.13. The summed E-state index contributed by atoms with van der Waals surface area (Å²) in [6.07, 6.45) is 4.40. The van der Waals surface area contributed by atoms with Gasteiger partial charge in [-0.05, 0) is 46.2 Å². The first-order chi connectivity index (χ1) is 9.19. The summed E-state index contributed by atoms with van der Waals surface area (Å²) in [6.45, 7) is 7.12. The topological polar surface area (TPSA) is 50.3 Å². The molecule has 2 rings (SSSR count). The summed E-state index contributed by atoms with van der Waals surface area (Å²) in [4.78, 5) is 11.1. The molecule has 0 aliphatic carbocycles. The summed E-state index contributed by atoms with van der Waals surface area (Å²) in [7, 11) is 2.01. The third-order valence-electron chi connectivity index (χ3n) is 3.27. The molecule has 1 aromatic rings. The molecule has 0 aromatic carbocycles. The van der Waals surface area contributed by atoms with Crippen LogP contribution in [0.4, 0.5) is 5.95 Å². The van der Waals surface area contributed by atoms with Gasteiger partial charge in [0.1, 0.15) is 0 Å². The zero-order valence-electron chi connectivity index (χ0n) is 12.1. The smallest absolute Gasteiger partial charge is 0.228 e. The number of hydrogen-bond donors (Lipinski definition) is 1. The van der Waals surface area contributed by atoms with Crippen LogP contribution in [0.5, 0.6) is 5.88 Å². The highest BCUT2D eigenvalue weighted by Crippen LogP contribution is 2.21. The minimum atomic E-state index is 0.140. The highest BCUT2D eigenvalue weighted by Gasteiger charge is 2.21. The maximum atomic E-state index is 5.63. The molecule has 2 heterocycles. The fourth-order valence-electron chi connectivity index (χ4n) is 2.49. The van der Waals surface area contributed by atoms with E-state index in [0.717, 1.165) is 25.6 Å². The molecule has 0 saturated carbocycles. The van der Waals surface area contributed by atoms with Crippen molar-refractivity contribution in [1.82, 2.24) is 15.3 Å². The molecular weight excluding hydrogens is 240 g/mol. The normalized spacial score (nSPS) is 19.8. The number of aromatic nitrogens is 2. The van der Waals surface area contributed by atoms with Crippen LogP contribution in [0.3, 0.4) is 0 Å². The lowest BCUT2D eigenvalue weighted by molar-refractivity contribution is 0.232. The number of anilines is 1. The molecule has 1 saturated heterocycles. The molecule has 1 aromatic heterocycles. The van der Waals surface area contributed by atoms with Crippen LogP contribution in [-0.4, -0.2) is 42.8 Å². The molecule has 1 atom stereocenters. The fourth-order valence-corrected chi connectivity index (χ4v) is 2.49. The molecule has 1 unspecified atom stereocenters. The SMILES string of the molecule is CNCC1CCCN(c2nccc(OC(C)C)n2)C1. The van der Waals surface area contributed by atoms with E-state index in [2.05, 4.69) is 20.2 Å². The lowest BCUT2D eigenvalue weighted by Crippen LogP contribution is -2.39. The molecule has 19 heavy (non-hydrogen) atoms. The van der Waals surface area contributed by atoms with Crippen molar-refractivity contribution in [3.8, 4) is 5.88 Å². The van der Waals surface area contributed by atoms with E-state index in [1.165, 1.54) is 12.8 Å². The number of rotatable bonds is 5. The number of ether oxygens (including phenoxy) is 1. The molecule has 0 bridgehead atoms. The van der Waals surface area contributed by atoms with Crippen LogP contribution in [0.2, 0.25) is 0 Å². The van der Waals surface area contributed by atoms with Crippen molar-refractivity contribution < 1.29 is 4.74 Å². The van der Waals surface area contributed by atoms with Gasteiger partial charge >= 0.3 is 0 Å². The number of nitrogens with zero attached hydrogens (tertiary/aromatic N) is 3. The molecule has 0 radical (unpaired) electrons. The standard InChI is InChI=1S/C14H24N4O/c1-11(2)19-13-6-7-16-14(17-13)18-8-4-5-12(10-18)9-15-3/h6-7,11-12,15H,4-5,8-10H2,1-3H3. The van der Waals surface area contributed by atoms with Crippen LogP contribution < -0.4 is 15.0 Å². The monoisotopic (exact) mass is 264 g/mol. The summed E-state index contributed by atoms with van der Waals surface area (Å²) >= 11 is 0. The number of nitrogens with one attached hydrogen (secondary N) is 1. The van der Waals surface area contributed by atoms with Crippen LogP contribution in [0.15, 0.2) is 12.3 Å². The average Bonchev–Trinajstić information content (AvgIpc) is 2.39. The van der Waals surface area contributed by atoms with Gasteiger partial charge in [0.2, 0.25) is 11.8 Å². The number of hydrogen-bond acceptors (Lipinski definition) is 5. The van der Waals surface area contributed by atoms with Crippen molar-refractivity contribution in [2.45, 2.75) is 32.8 Å². The van der Waals surface area contributed by atoms with E-state index in [0.29, 0.717) is 11.8 Å². The van der Waals surface area contributed by atoms with Gasteiger partial charge < -0.3 is 15.0 Å². The zero-order chi connectivity index (χ0) is 13.7. The van der Waals surface area contributed by atoms with Crippen molar-refractivity contribution in [1.29, 1.82) is 0 Å². The van der Waals surface area contributed by atoms with Crippen LogP contribution in [0.25, 0.3) is 0 Å². The predicted octanol–water partition coefficient (Wildman–Crippen LogP) is 1.70. The Labute approximate surface area is 115 Å². The minimum Gasteiger partial charge on any atom is -0.475 e. The molecule has 0 spiro atoms. The lowest BCUT2D eigenvalue weighted by atomic mass is 9.98. The first kappa shape index (κ1) is 14.1. The van der Waals surface area contributed by atoms with Crippen LogP contribution in [0.1, 0.15) is 26.7 Å². The summed E-state index contributed by atoms with van der Waals surface area (Å²) in [5.41, 5.74) is 0. The molecule has 1 aliphatic rings. The van der Waals surface area contributed by atoms with Gasteiger partial charge in [0.05, 0.1) is 6.10 Å². The second-order valence-electron chi connectivity index (χ2n) is 5.37. The highest BCUT2D eigenvalue weighted by atomic mass is 16.5. The Morgan fingerprint density at radius 2 is 2.37 bits per heavy atom. The van der Waals surface area contributed by atoms with Gasteiger partial charge in [-0.15, -0.1) is 0 Å². The summed E-state index contributed by atoms with van der Waals surface area (Å²) < 4.78 is 5.63. The molecule has 5 nitrogen and oxygen atoms in total. The second kappa shape index (κ2) is 6.70. The van der Waals surface area contributed by atoms with E-state index >= 15 is 0 Å². The predicted molar refractivity (Wildman–Crippen MR) is 76.7 cm³/mol. The van der Waals surface area contributed by atoms with E-state index in [-0.39, 0.29) is 6.10 Å². The summed E-state index contributed by atoms with van der Waals surface area (Å²) in [6, 6.07) is 1.82. The van der Waals surface area contributed by atoms with Gasteiger partial charge in [-0.25, -0.2) is 4.98 Å². The molecule has 1 N–H and O–H groups in total. The van der Waals surface area contributed by atoms with Gasteiger partial charge in [0.15, 0.2) is 0 Å². The van der Waals surface area contributed by atoms with Gasteiger partial charge in [-0.1, -0.05) is 0 Å². The van der Waals surface area contributed by atoms with E-state index in [9.17, 15) is 0 Å². The van der Waals surface area contributed by atoms with Gasteiger partial charge in [0, 0.05) is 25.4 Å². The summed E-state index contributed by atoms with van der Waals surface area (Å²) in [5, 5.41) is 3.25. The van der Waals surface area contributed by atoms with Crippen LogP contribution >= 0.6 is 0 Å². The van der Waals surface area contributed by atoms with Crippen molar-refractivity contribution in [2.75, 3.05) is 31.6 Å².